The Balaban J connectivity index is 4.25. The zero-order valence-corrected chi connectivity index (χ0v) is 48.7. The van der Waals surface area contributed by atoms with Gasteiger partial charge in [-0.1, -0.05) is 219 Å². The molecule has 0 aromatic carbocycles. The summed E-state index contributed by atoms with van der Waals surface area (Å²) in [6, 6.07) is 0. The summed E-state index contributed by atoms with van der Waals surface area (Å²) in [4.78, 5) is 35.7. The Bertz CT molecular complexity index is 1660. The van der Waals surface area contributed by atoms with Gasteiger partial charge in [-0.3, -0.25) is 18.6 Å². The summed E-state index contributed by atoms with van der Waals surface area (Å²) in [5.41, 5.74) is 0. The molecule has 0 saturated carbocycles. The summed E-state index contributed by atoms with van der Waals surface area (Å²) >= 11 is 0. The monoisotopic (exact) mass is 1050 g/mol. The number of rotatable bonds is 52. The molecule has 0 rings (SSSR count). The number of carbonyl (C=O) groups excluding carboxylic acids is 2. The first-order valence-corrected chi connectivity index (χ1v) is 30.8. The summed E-state index contributed by atoms with van der Waals surface area (Å²) in [6.07, 6.45) is 76.9. The molecule has 74 heavy (non-hydrogen) atoms. The van der Waals surface area contributed by atoms with Crippen molar-refractivity contribution in [2.24, 2.45) is 0 Å². The van der Waals surface area contributed by atoms with E-state index in [-0.39, 0.29) is 32.0 Å². The Morgan fingerprint density at radius 2 is 0.770 bits per heavy atom. The van der Waals surface area contributed by atoms with Crippen LogP contribution in [0.15, 0.2) is 122 Å². The number of nitrogens with zero attached hydrogens (tertiary/aromatic N) is 1. The predicted octanol–water partition coefficient (Wildman–Crippen LogP) is 18.4. The molecule has 0 fully saturated rings. The van der Waals surface area contributed by atoms with E-state index < -0.39 is 26.5 Å². The van der Waals surface area contributed by atoms with Gasteiger partial charge in [0.05, 0.1) is 27.7 Å². The summed E-state index contributed by atoms with van der Waals surface area (Å²) < 4.78 is 34.5. The molecule has 2 atom stereocenters. The summed E-state index contributed by atoms with van der Waals surface area (Å²) in [5.74, 6) is -0.832. The number of quaternary nitrogens is 1. The van der Waals surface area contributed by atoms with Crippen LogP contribution in [-0.4, -0.2) is 74.9 Å². The van der Waals surface area contributed by atoms with E-state index in [0.717, 1.165) is 122 Å². The maximum absolute atomic E-state index is 12.8. The van der Waals surface area contributed by atoms with Crippen LogP contribution >= 0.6 is 7.82 Å². The van der Waals surface area contributed by atoms with Gasteiger partial charge < -0.3 is 18.9 Å². The first-order chi connectivity index (χ1) is 36.0. The van der Waals surface area contributed by atoms with E-state index in [1.807, 2.05) is 21.1 Å². The molecule has 0 spiro atoms. The lowest BCUT2D eigenvalue weighted by atomic mass is 10.1. The van der Waals surface area contributed by atoms with E-state index in [2.05, 4.69) is 135 Å². The third-order valence-corrected chi connectivity index (χ3v) is 13.0. The lowest BCUT2D eigenvalue weighted by molar-refractivity contribution is -0.870. The van der Waals surface area contributed by atoms with Gasteiger partial charge in [0, 0.05) is 12.8 Å². The highest BCUT2D eigenvalue weighted by atomic mass is 31.2. The van der Waals surface area contributed by atoms with Gasteiger partial charge in [0.1, 0.15) is 19.8 Å². The molecule has 0 aliphatic carbocycles. The number of phosphoric acid groups is 1. The minimum atomic E-state index is -4.40. The number of ether oxygens (including phenoxy) is 2. The maximum Gasteiger partial charge on any atom is 0.472 e. The van der Waals surface area contributed by atoms with Gasteiger partial charge in [0.15, 0.2) is 6.10 Å². The van der Waals surface area contributed by atoms with Crippen molar-refractivity contribution in [3.05, 3.63) is 122 Å². The SMILES string of the molecule is CC/C=C\C/C=C\C/C=C\C/C=C\C/C=C\C/C=C\C/C=C\C/C=C\C/C=C\CCCCCCCC(=O)OC(COC(=O)CCCCCCCCC/C=C\CCCCCCCC)COP(=O)(O)OCC[N+](C)(C)C. The predicted molar refractivity (Wildman–Crippen MR) is 316 cm³/mol. The second-order valence-corrected chi connectivity index (χ2v) is 21.7. The first kappa shape index (κ1) is 70.4. The van der Waals surface area contributed by atoms with Crippen LogP contribution in [0, 0.1) is 0 Å². The fraction of sp³-hybridized carbons (Fsp3) is 0.656. The quantitative estimate of drug-likeness (QED) is 0.0211. The molecule has 0 radical (unpaired) electrons. The van der Waals surface area contributed by atoms with Crippen molar-refractivity contribution in [3.8, 4) is 0 Å². The van der Waals surface area contributed by atoms with Crippen LogP contribution in [0.2, 0.25) is 0 Å². The molecular weight excluding hydrogens is 942 g/mol. The van der Waals surface area contributed by atoms with Crippen molar-refractivity contribution in [1.29, 1.82) is 0 Å². The van der Waals surface area contributed by atoms with Crippen molar-refractivity contribution in [2.75, 3.05) is 47.5 Å². The van der Waals surface area contributed by atoms with Gasteiger partial charge in [-0.05, 0) is 109 Å². The number of unbranched alkanes of at least 4 members (excludes halogenated alkanes) is 18. The summed E-state index contributed by atoms with van der Waals surface area (Å²) in [6.45, 7) is 4.27. The van der Waals surface area contributed by atoms with Crippen molar-refractivity contribution < 1.29 is 42.1 Å². The van der Waals surface area contributed by atoms with Crippen LogP contribution in [0.25, 0.3) is 0 Å². The normalized spacial score (nSPS) is 14.2. The molecule has 0 aliphatic heterocycles. The van der Waals surface area contributed by atoms with E-state index in [4.69, 9.17) is 18.5 Å². The minimum Gasteiger partial charge on any atom is -0.462 e. The average Bonchev–Trinajstić information content (AvgIpc) is 3.36. The van der Waals surface area contributed by atoms with Crippen LogP contribution in [-0.2, 0) is 32.7 Å². The summed E-state index contributed by atoms with van der Waals surface area (Å²) in [5, 5.41) is 0. The topological polar surface area (TPSA) is 108 Å². The van der Waals surface area contributed by atoms with E-state index in [1.54, 1.807) is 0 Å². The number of phosphoric ester groups is 1. The smallest absolute Gasteiger partial charge is 0.462 e. The summed E-state index contributed by atoms with van der Waals surface area (Å²) in [7, 11) is 1.44. The molecule has 0 bridgehead atoms. The lowest BCUT2D eigenvalue weighted by Crippen LogP contribution is -2.37. The number of carbonyl (C=O) groups is 2. The Morgan fingerprint density at radius 1 is 0.432 bits per heavy atom. The Labute approximate surface area is 454 Å². The van der Waals surface area contributed by atoms with E-state index in [0.29, 0.717) is 17.4 Å². The van der Waals surface area contributed by atoms with Crippen LogP contribution < -0.4 is 0 Å². The Kier molecular flexibility index (Phi) is 51.6. The second-order valence-electron chi connectivity index (χ2n) is 20.3. The van der Waals surface area contributed by atoms with Crippen LogP contribution in [0.5, 0.6) is 0 Å². The lowest BCUT2D eigenvalue weighted by Gasteiger charge is -2.24. The zero-order valence-electron chi connectivity index (χ0n) is 47.8. The maximum atomic E-state index is 12.8. The molecule has 9 nitrogen and oxygen atoms in total. The third-order valence-electron chi connectivity index (χ3n) is 12.0. The fourth-order valence-corrected chi connectivity index (χ4v) is 8.21. The third kappa shape index (κ3) is 57.7. The standard InChI is InChI=1S/C64H108NO8P/c1-6-8-10-12-14-16-18-20-22-24-25-26-27-28-29-30-31-32-33-34-35-36-37-38-39-41-43-45-47-49-51-53-55-57-64(67)73-62(61-72-74(68,69)71-59-58-65(3,4)5)60-70-63(66)56-54-52-50-48-46-44-42-40-23-21-19-17-15-13-11-9-7-2/h8,10,14,16,20-23,25-26,28-29,31-32,34-35,37-38,41,43,62H,6-7,9,11-13,15,17-19,24,27,30,33,36,39-40,42,44-61H2,1-5H3/p+1/b10-8-,16-14-,22-20-,23-21-,26-25-,29-28-,32-31-,35-34-,38-37-,43-41-. The number of hydrogen-bond acceptors (Lipinski definition) is 7. The Morgan fingerprint density at radius 3 is 1.16 bits per heavy atom. The highest BCUT2D eigenvalue weighted by Gasteiger charge is 2.27. The number of esters is 2. The van der Waals surface area contributed by atoms with E-state index in [1.165, 1.54) is 64.2 Å². The molecule has 1 N–H and O–H groups in total. The van der Waals surface area contributed by atoms with Gasteiger partial charge >= 0.3 is 19.8 Å². The van der Waals surface area contributed by atoms with E-state index >= 15 is 0 Å². The van der Waals surface area contributed by atoms with Crippen molar-refractivity contribution in [3.63, 3.8) is 0 Å². The van der Waals surface area contributed by atoms with Crippen LogP contribution in [0.3, 0.4) is 0 Å². The fourth-order valence-electron chi connectivity index (χ4n) is 7.47. The molecule has 0 aliphatic rings. The highest BCUT2D eigenvalue weighted by molar-refractivity contribution is 7.47. The molecule has 10 heteroatoms. The molecule has 422 valence electrons. The van der Waals surface area contributed by atoms with Gasteiger partial charge in [0.2, 0.25) is 0 Å². The average molecular weight is 1050 g/mol. The number of allylic oxidation sites excluding steroid dienone is 20. The zero-order chi connectivity index (χ0) is 54.2. The highest BCUT2D eigenvalue weighted by Crippen LogP contribution is 2.43. The number of hydrogen-bond donors (Lipinski definition) is 1. The molecule has 0 aromatic heterocycles. The van der Waals surface area contributed by atoms with Crippen molar-refractivity contribution >= 4 is 19.8 Å². The first-order valence-electron chi connectivity index (χ1n) is 29.3. The largest absolute Gasteiger partial charge is 0.472 e. The van der Waals surface area contributed by atoms with Crippen molar-refractivity contribution in [1.82, 2.24) is 0 Å². The second kappa shape index (κ2) is 54.2. The molecular formula is C64H109NO8P+. The van der Waals surface area contributed by atoms with Gasteiger partial charge in [-0.25, -0.2) is 4.57 Å². The number of likely N-dealkylation sites (N-methyl/N-ethyl adjacent to an activating group) is 1. The Hall–Kier alpha value is -3.59. The van der Waals surface area contributed by atoms with Gasteiger partial charge in [0.25, 0.3) is 0 Å². The molecule has 0 amide bonds. The molecule has 0 aromatic rings. The molecule has 0 saturated heterocycles. The minimum absolute atomic E-state index is 0.0206. The molecule has 2 unspecified atom stereocenters. The van der Waals surface area contributed by atoms with Crippen LogP contribution in [0.1, 0.15) is 219 Å². The van der Waals surface area contributed by atoms with Crippen LogP contribution in [0.4, 0.5) is 0 Å². The van der Waals surface area contributed by atoms with Crippen molar-refractivity contribution in [2.45, 2.75) is 225 Å². The van der Waals surface area contributed by atoms with Gasteiger partial charge in [-0.15, -0.1) is 0 Å². The molecule has 0 heterocycles. The van der Waals surface area contributed by atoms with E-state index in [9.17, 15) is 19.0 Å². The van der Waals surface area contributed by atoms with Gasteiger partial charge in [-0.2, -0.15) is 0 Å².